The molecule has 0 aromatic carbocycles. The Balaban J connectivity index is 1.81. The molecule has 2 rings (SSSR count). The predicted molar refractivity (Wildman–Crippen MR) is 66.5 cm³/mol. The first kappa shape index (κ1) is 12.3. The highest BCUT2D eigenvalue weighted by molar-refractivity contribution is 4.90. The van der Waals surface area contributed by atoms with E-state index >= 15 is 0 Å². The molecule has 0 aromatic rings. The average molecular weight is 226 g/mol. The Kier molecular flexibility index (Phi) is 4.62. The molecule has 0 spiro atoms. The first-order chi connectivity index (χ1) is 7.85. The van der Waals surface area contributed by atoms with Crippen LogP contribution in [0.1, 0.15) is 39.0 Å². The van der Waals surface area contributed by atoms with Crippen molar-refractivity contribution < 1.29 is 5.11 Å². The van der Waals surface area contributed by atoms with Crippen LogP contribution in [0.15, 0.2) is 0 Å². The van der Waals surface area contributed by atoms with Crippen LogP contribution in [-0.4, -0.2) is 48.3 Å². The van der Waals surface area contributed by atoms with E-state index in [-0.39, 0.29) is 0 Å². The van der Waals surface area contributed by atoms with E-state index in [2.05, 4.69) is 17.1 Å². The molecule has 3 nitrogen and oxygen atoms in total. The number of hydrogen-bond donors (Lipinski definition) is 2. The molecule has 2 N–H and O–H groups in total. The maximum Gasteiger partial charge on any atom is 0.0558 e. The van der Waals surface area contributed by atoms with E-state index in [1.54, 1.807) is 0 Å². The summed E-state index contributed by atoms with van der Waals surface area (Å²) in [7, 11) is 0. The third-order valence-electron chi connectivity index (χ3n) is 4.04. The second-order valence-corrected chi connectivity index (χ2v) is 5.30. The highest BCUT2D eigenvalue weighted by atomic mass is 16.3. The molecule has 2 fully saturated rings. The van der Waals surface area contributed by atoms with Gasteiger partial charge >= 0.3 is 0 Å². The standard InChI is InChI=1S/C13H26N2O/c1-2-14-13-5-3-4-11(13)10-15(8-9-16)12-6-7-12/h11-14,16H,2-10H2,1H3. The van der Waals surface area contributed by atoms with Gasteiger partial charge in [0.2, 0.25) is 0 Å². The summed E-state index contributed by atoms with van der Waals surface area (Å²) in [5.74, 6) is 0.812. The number of rotatable bonds is 7. The molecule has 0 aromatic heterocycles. The fourth-order valence-electron chi connectivity index (χ4n) is 3.08. The fourth-order valence-corrected chi connectivity index (χ4v) is 3.08. The highest BCUT2D eigenvalue weighted by Crippen LogP contribution is 2.31. The Bertz CT molecular complexity index is 206. The van der Waals surface area contributed by atoms with E-state index in [0.29, 0.717) is 6.61 Å². The van der Waals surface area contributed by atoms with Gasteiger partial charge < -0.3 is 10.4 Å². The number of hydrogen-bond acceptors (Lipinski definition) is 3. The number of aliphatic hydroxyl groups is 1. The zero-order chi connectivity index (χ0) is 11.4. The molecule has 94 valence electrons. The third kappa shape index (κ3) is 3.19. The van der Waals surface area contributed by atoms with Crippen molar-refractivity contribution in [1.82, 2.24) is 10.2 Å². The lowest BCUT2D eigenvalue weighted by Gasteiger charge is -2.28. The van der Waals surface area contributed by atoms with Crippen molar-refractivity contribution in [3.63, 3.8) is 0 Å². The number of nitrogens with zero attached hydrogens (tertiary/aromatic N) is 1. The van der Waals surface area contributed by atoms with Gasteiger partial charge in [0.15, 0.2) is 0 Å². The molecule has 0 saturated heterocycles. The fraction of sp³-hybridized carbons (Fsp3) is 1.00. The van der Waals surface area contributed by atoms with Gasteiger partial charge in [0, 0.05) is 25.2 Å². The monoisotopic (exact) mass is 226 g/mol. The lowest BCUT2D eigenvalue weighted by Crippen LogP contribution is -2.41. The molecule has 2 atom stereocenters. The summed E-state index contributed by atoms with van der Waals surface area (Å²) in [6.07, 6.45) is 6.78. The lowest BCUT2D eigenvalue weighted by atomic mass is 10.0. The van der Waals surface area contributed by atoms with Crippen molar-refractivity contribution in [3.05, 3.63) is 0 Å². The van der Waals surface area contributed by atoms with E-state index in [9.17, 15) is 0 Å². The van der Waals surface area contributed by atoms with Crippen molar-refractivity contribution in [1.29, 1.82) is 0 Å². The zero-order valence-corrected chi connectivity index (χ0v) is 10.5. The molecule has 3 heteroatoms. The first-order valence-electron chi connectivity index (χ1n) is 6.93. The van der Waals surface area contributed by atoms with Crippen LogP contribution in [0.4, 0.5) is 0 Å². The number of nitrogens with one attached hydrogen (secondary N) is 1. The minimum Gasteiger partial charge on any atom is -0.395 e. The average Bonchev–Trinajstić information content (AvgIpc) is 3.03. The molecule has 16 heavy (non-hydrogen) atoms. The van der Waals surface area contributed by atoms with Gasteiger partial charge in [-0.3, -0.25) is 4.90 Å². The Morgan fingerprint density at radius 2 is 2.06 bits per heavy atom. The quantitative estimate of drug-likeness (QED) is 0.685. The van der Waals surface area contributed by atoms with Gasteiger partial charge in [-0.05, 0) is 38.1 Å². The Morgan fingerprint density at radius 3 is 2.69 bits per heavy atom. The normalized spacial score (nSPS) is 30.2. The molecule has 2 aliphatic rings. The van der Waals surface area contributed by atoms with Crippen molar-refractivity contribution >= 4 is 0 Å². The predicted octanol–water partition coefficient (Wildman–Crippen LogP) is 1.22. The minimum absolute atomic E-state index is 0.315. The number of aliphatic hydroxyl groups excluding tert-OH is 1. The van der Waals surface area contributed by atoms with Crippen LogP contribution >= 0.6 is 0 Å². The van der Waals surface area contributed by atoms with Crippen LogP contribution in [0.25, 0.3) is 0 Å². The van der Waals surface area contributed by atoms with Gasteiger partial charge in [0.1, 0.15) is 0 Å². The van der Waals surface area contributed by atoms with Crippen LogP contribution < -0.4 is 5.32 Å². The summed E-state index contributed by atoms with van der Waals surface area (Å²) in [4.78, 5) is 2.51. The van der Waals surface area contributed by atoms with Gasteiger partial charge in [-0.2, -0.15) is 0 Å². The Hall–Kier alpha value is -0.120. The van der Waals surface area contributed by atoms with E-state index in [1.165, 1.54) is 38.6 Å². The van der Waals surface area contributed by atoms with Gasteiger partial charge in [-0.25, -0.2) is 0 Å². The molecule has 0 bridgehead atoms. The summed E-state index contributed by atoms with van der Waals surface area (Å²) < 4.78 is 0. The maximum atomic E-state index is 9.10. The summed E-state index contributed by atoms with van der Waals surface area (Å²) in [5.41, 5.74) is 0. The van der Waals surface area contributed by atoms with Gasteiger partial charge in [0.25, 0.3) is 0 Å². The smallest absolute Gasteiger partial charge is 0.0558 e. The Morgan fingerprint density at radius 1 is 1.25 bits per heavy atom. The molecule has 2 unspecified atom stereocenters. The molecule has 2 saturated carbocycles. The Labute approximate surface area is 99.2 Å². The summed E-state index contributed by atoms with van der Waals surface area (Å²) >= 11 is 0. The van der Waals surface area contributed by atoms with Crippen molar-refractivity contribution in [2.45, 2.75) is 51.1 Å². The van der Waals surface area contributed by atoms with Gasteiger partial charge in [-0.1, -0.05) is 13.3 Å². The second-order valence-electron chi connectivity index (χ2n) is 5.30. The third-order valence-corrected chi connectivity index (χ3v) is 4.04. The molecule has 0 aliphatic heterocycles. The van der Waals surface area contributed by atoms with Crippen molar-refractivity contribution in [3.8, 4) is 0 Å². The largest absolute Gasteiger partial charge is 0.395 e. The van der Waals surface area contributed by atoms with Crippen molar-refractivity contribution in [2.24, 2.45) is 5.92 Å². The summed E-state index contributed by atoms with van der Waals surface area (Å²) in [6, 6.07) is 1.51. The van der Waals surface area contributed by atoms with Crippen LogP contribution in [0.5, 0.6) is 0 Å². The summed E-state index contributed by atoms with van der Waals surface area (Å²) in [5, 5.41) is 12.7. The van der Waals surface area contributed by atoms with Gasteiger partial charge in [-0.15, -0.1) is 0 Å². The highest BCUT2D eigenvalue weighted by Gasteiger charge is 2.33. The topological polar surface area (TPSA) is 35.5 Å². The second kappa shape index (κ2) is 5.99. The molecular formula is C13H26N2O. The molecular weight excluding hydrogens is 200 g/mol. The van der Waals surface area contributed by atoms with E-state index < -0.39 is 0 Å². The first-order valence-corrected chi connectivity index (χ1v) is 6.93. The van der Waals surface area contributed by atoms with Crippen LogP contribution in [0.3, 0.4) is 0 Å². The molecule has 0 radical (unpaired) electrons. The van der Waals surface area contributed by atoms with Crippen LogP contribution in [-0.2, 0) is 0 Å². The van der Waals surface area contributed by atoms with Crippen LogP contribution in [0.2, 0.25) is 0 Å². The molecule has 0 amide bonds. The van der Waals surface area contributed by atoms with E-state index in [1.807, 2.05) is 0 Å². The molecule has 2 aliphatic carbocycles. The van der Waals surface area contributed by atoms with Crippen molar-refractivity contribution in [2.75, 3.05) is 26.2 Å². The molecule has 0 heterocycles. The van der Waals surface area contributed by atoms with Crippen LogP contribution in [0, 0.1) is 5.92 Å². The van der Waals surface area contributed by atoms with E-state index in [0.717, 1.165) is 31.1 Å². The lowest BCUT2D eigenvalue weighted by molar-refractivity contribution is 0.160. The van der Waals surface area contributed by atoms with E-state index in [4.69, 9.17) is 5.11 Å². The SMILES string of the molecule is CCNC1CCCC1CN(CCO)C1CC1. The summed E-state index contributed by atoms with van der Waals surface area (Å²) in [6.45, 7) is 5.67. The zero-order valence-electron chi connectivity index (χ0n) is 10.5. The maximum absolute atomic E-state index is 9.10. The minimum atomic E-state index is 0.315. The van der Waals surface area contributed by atoms with Gasteiger partial charge in [0.05, 0.1) is 6.61 Å².